The van der Waals surface area contributed by atoms with E-state index in [0.29, 0.717) is 6.42 Å². The highest BCUT2D eigenvalue weighted by Crippen LogP contribution is 2.23. The van der Waals surface area contributed by atoms with E-state index in [2.05, 4.69) is 75.7 Å². The number of rotatable bonds is 13. The minimum absolute atomic E-state index is 0.0369. The number of nitrogens with zero attached hydrogens (tertiary/aromatic N) is 3. The van der Waals surface area contributed by atoms with Gasteiger partial charge in [0.25, 0.3) is 5.91 Å². The molecular weight excluding hydrogens is 426 g/mol. The number of benzene rings is 2. The van der Waals surface area contributed by atoms with Gasteiger partial charge < -0.3 is 25.3 Å². The molecule has 7 heteroatoms. The highest BCUT2D eigenvalue weighted by Gasteiger charge is 2.14. The summed E-state index contributed by atoms with van der Waals surface area (Å²) in [5.74, 6) is -0.567. The highest BCUT2D eigenvalue weighted by molar-refractivity contribution is 5.90. The molecule has 4 N–H and O–H groups in total. The van der Waals surface area contributed by atoms with Gasteiger partial charge in [-0.25, -0.2) is 4.98 Å². The maximum absolute atomic E-state index is 11.3. The van der Waals surface area contributed by atoms with Crippen molar-refractivity contribution < 1.29 is 9.90 Å². The molecule has 0 aliphatic heterocycles. The number of aromatic nitrogens is 3. The summed E-state index contributed by atoms with van der Waals surface area (Å²) in [5.41, 5.74) is 9.19. The van der Waals surface area contributed by atoms with Crippen molar-refractivity contribution in [2.45, 2.75) is 44.7 Å². The number of nitrogens with one attached hydrogen (secondary N) is 1. The Balaban J connectivity index is 1.28. The van der Waals surface area contributed by atoms with Gasteiger partial charge in [0.2, 0.25) is 0 Å². The molecule has 1 atom stereocenters. The first kappa shape index (κ1) is 23.6. The van der Waals surface area contributed by atoms with E-state index >= 15 is 0 Å². The fraction of sp³-hybridized carbons (Fsp3) is 0.333. The zero-order valence-corrected chi connectivity index (χ0v) is 19.4. The Kier molecular flexibility index (Phi) is 7.99. The number of amides is 1. The molecule has 0 saturated carbocycles. The summed E-state index contributed by atoms with van der Waals surface area (Å²) >= 11 is 0. The van der Waals surface area contributed by atoms with Crippen LogP contribution in [0.2, 0.25) is 0 Å². The molecule has 34 heavy (non-hydrogen) atoms. The largest absolute Gasteiger partial charge is 0.394 e. The Labute approximate surface area is 200 Å². The fourth-order valence-corrected chi connectivity index (χ4v) is 4.28. The van der Waals surface area contributed by atoms with Crippen LogP contribution in [0.4, 0.5) is 5.69 Å². The lowest BCUT2D eigenvalue weighted by Crippen LogP contribution is -2.15. The number of fused-ring (bicyclic) bond motifs is 1. The molecule has 1 amide bonds. The van der Waals surface area contributed by atoms with Gasteiger partial charge in [0.15, 0.2) is 0 Å². The highest BCUT2D eigenvalue weighted by atomic mass is 16.3. The number of hydrogen-bond acceptors (Lipinski definition) is 4. The molecule has 2 aromatic heterocycles. The number of aliphatic hydroxyl groups excluding tert-OH is 1. The van der Waals surface area contributed by atoms with Gasteiger partial charge in [0, 0.05) is 31.2 Å². The normalized spacial score (nSPS) is 12.1. The number of nitrogens with two attached hydrogens (primary N) is 1. The van der Waals surface area contributed by atoms with Gasteiger partial charge in [-0.15, -0.1) is 0 Å². The summed E-state index contributed by atoms with van der Waals surface area (Å²) < 4.78 is 3.96. The molecule has 1 unspecified atom stereocenters. The maximum atomic E-state index is 11.3. The first-order valence-electron chi connectivity index (χ1n) is 11.9. The number of aryl methyl sites for hydroxylation is 2. The van der Waals surface area contributed by atoms with Crippen LogP contribution in [-0.4, -0.2) is 38.3 Å². The molecule has 4 rings (SSSR count). The van der Waals surface area contributed by atoms with E-state index < -0.39 is 5.91 Å². The van der Waals surface area contributed by atoms with Crippen LogP contribution in [0.3, 0.4) is 0 Å². The topological polar surface area (TPSA) is 98.1 Å². The third-order valence-electron chi connectivity index (χ3n) is 6.28. The van der Waals surface area contributed by atoms with Crippen LogP contribution in [0, 0.1) is 0 Å². The zero-order chi connectivity index (χ0) is 23.8. The number of hydrogen-bond donors (Lipinski definition) is 3. The Morgan fingerprint density at radius 1 is 1.09 bits per heavy atom. The summed E-state index contributed by atoms with van der Waals surface area (Å²) in [5, 5.41) is 14.6. The van der Waals surface area contributed by atoms with Gasteiger partial charge in [-0.05, 0) is 54.8 Å². The monoisotopic (exact) mass is 459 g/mol. The molecule has 0 aliphatic rings. The molecule has 2 heterocycles. The van der Waals surface area contributed by atoms with Crippen LogP contribution in [-0.2, 0) is 13.0 Å². The van der Waals surface area contributed by atoms with Gasteiger partial charge in [-0.2, -0.15) is 0 Å². The summed E-state index contributed by atoms with van der Waals surface area (Å²) in [6, 6.07) is 19.1. The van der Waals surface area contributed by atoms with Crippen molar-refractivity contribution >= 4 is 22.5 Å². The summed E-state index contributed by atoms with van der Waals surface area (Å²) in [6.45, 7) is 1.66. The van der Waals surface area contributed by atoms with Crippen LogP contribution in [0.5, 0.6) is 0 Å². The molecule has 0 aliphatic carbocycles. The van der Waals surface area contributed by atoms with Crippen molar-refractivity contribution in [1.82, 2.24) is 14.1 Å². The second kappa shape index (κ2) is 11.5. The second-order valence-corrected chi connectivity index (χ2v) is 8.70. The molecule has 0 saturated heterocycles. The Morgan fingerprint density at radius 2 is 1.94 bits per heavy atom. The smallest absolute Gasteiger partial charge is 0.268 e. The SMILES string of the molecule is NC(=O)c1cn(C(CO)CCn2ccc3ccc(NCCCCCc4ccccc4)cc32)cn1. The van der Waals surface area contributed by atoms with Crippen molar-refractivity contribution in [3.63, 3.8) is 0 Å². The van der Waals surface area contributed by atoms with Gasteiger partial charge in [0.1, 0.15) is 5.69 Å². The van der Waals surface area contributed by atoms with Gasteiger partial charge >= 0.3 is 0 Å². The van der Waals surface area contributed by atoms with Crippen LogP contribution in [0.1, 0.15) is 47.8 Å². The second-order valence-electron chi connectivity index (χ2n) is 8.70. The lowest BCUT2D eigenvalue weighted by molar-refractivity contribution is 0.0995. The van der Waals surface area contributed by atoms with E-state index in [-0.39, 0.29) is 18.3 Å². The van der Waals surface area contributed by atoms with E-state index in [0.717, 1.165) is 37.1 Å². The third-order valence-corrected chi connectivity index (χ3v) is 6.28. The predicted octanol–water partition coefficient (Wildman–Crippen LogP) is 4.39. The van der Waals surface area contributed by atoms with E-state index in [1.165, 1.54) is 23.8 Å². The fourth-order valence-electron chi connectivity index (χ4n) is 4.28. The van der Waals surface area contributed by atoms with Gasteiger partial charge in [-0.3, -0.25) is 4.79 Å². The Bertz CT molecular complexity index is 1200. The molecule has 4 aromatic rings. The lowest BCUT2D eigenvalue weighted by atomic mass is 10.1. The standard InChI is InChI=1S/C27H33N5O2/c28-27(34)25-18-32(20-30-25)24(19-33)13-16-31-15-12-22-10-11-23(17-26(22)31)29-14-6-2-5-9-21-7-3-1-4-8-21/h1,3-4,7-8,10-12,15,17-18,20,24,29,33H,2,5-6,9,13-14,16,19H2,(H2,28,34). The number of primary amides is 1. The Hall–Kier alpha value is -3.58. The minimum Gasteiger partial charge on any atom is -0.394 e. The van der Waals surface area contributed by atoms with Gasteiger partial charge in [-0.1, -0.05) is 42.8 Å². The zero-order valence-electron chi connectivity index (χ0n) is 19.4. The summed E-state index contributed by atoms with van der Waals surface area (Å²) in [4.78, 5) is 15.3. The average Bonchev–Trinajstić information content (AvgIpc) is 3.50. The molecule has 0 radical (unpaired) electrons. The van der Waals surface area contributed by atoms with E-state index in [9.17, 15) is 9.90 Å². The first-order chi connectivity index (χ1) is 16.6. The van der Waals surface area contributed by atoms with Crippen LogP contribution < -0.4 is 11.1 Å². The first-order valence-corrected chi connectivity index (χ1v) is 11.9. The minimum atomic E-state index is -0.567. The maximum Gasteiger partial charge on any atom is 0.268 e. The molecule has 0 fully saturated rings. The van der Waals surface area contributed by atoms with Crippen LogP contribution in [0.25, 0.3) is 10.9 Å². The molecule has 7 nitrogen and oxygen atoms in total. The van der Waals surface area contributed by atoms with E-state index in [1.54, 1.807) is 17.1 Å². The predicted molar refractivity (Wildman–Crippen MR) is 136 cm³/mol. The molecule has 0 bridgehead atoms. The van der Waals surface area contributed by atoms with Crippen molar-refractivity contribution in [3.05, 3.63) is 84.6 Å². The van der Waals surface area contributed by atoms with Crippen molar-refractivity contribution in [1.29, 1.82) is 0 Å². The number of carbonyl (C=O) groups is 1. The molecule has 178 valence electrons. The van der Waals surface area contributed by atoms with E-state index in [4.69, 9.17) is 5.73 Å². The molecule has 0 spiro atoms. The number of carbonyl (C=O) groups excluding carboxylic acids is 1. The number of aliphatic hydroxyl groups is 1. The quantitative estimate of drug-likeness (QED) is 0.258. The van der Waals surface area contributed by atoms with Crippen molar-refractivity contribution in [2.75, 3.05) is 18.5 Å². The van der Waals surface area contributed by atoms with Crippen LogP contribution in [0.15, 0.2) is 73.3 Å². The number of anilines is 1. The van der Waals surface area contributed by atoms with Crippen molar-refractivity contribution in [2.24, 2.45) is 5.73 Å². The van der Waals surface area contributed by atoms with E-state index in [1.807, 2.05) is 0 Å². The van der Waals surface area contributed by atoms with Crippen molar-refractivity contribution in [3.8, 4) is 0 Å². The summed E-state index contributed by atoms with van der Waals surface area (Å²) in [7, 11) is 0. The van der Waals surface area contributed by atoms with Gasteiger partial charge in [0.05, 0.1) is 24.5 Å². The summed E-state index contributed by atoms with van der Waals surface area (Å²) in [6.07, 6.45) is 10.6. The Morgan fingerprint density at radius 3 is 2.71 bits per heavy atom. The molecular formula is C27H33N5O2. The van der Waals surface area contributed by atoms with Crippen LogP contribution >= 0.6 is 0 Å². The number of unbranched alkanes of at least 4 members (excludes halogenated alkanes) is 2. The molecule has 2 aromatic carbocycles. The lowest BCUT2D eigenvalue weighted by Gasteiger charge is -2.16. The number of imidazole rings is 1. The average molecular weight is 460 g/mol. The third kappa shape index (κ3) is 6.05.